The van der Waals surface area contributed by atoms with Crippen LogP contribution in [0.3, 0.4) is 0 Å². The van der Waals surface area contributed by atoms with Crippen LogP contribution < -0.4 is 10.6 Å². The minimum Gasteiger partial charge on any atom is -0.369 e. The topological polar surface area (TPSA) is 71.7 Å². The largest absolute Gasteiger partial charge is 0.369 e. The third-order valence-electron chi connectivity index (χ3n) is 3.96. The summed E-state index contributed by atoms with van der Waals surface area (Å²) in [7, 11) is 1.57. The van der Waals surface area contributed by atoms with Gasteiger partial charge in [0.1, 0.15) is 11.4 Å². The Balaban J connectivity index is 1.95. The minimum atomic E-state index is -0.761. The molecule has 0 atom stereocenters. The zero-order chi connectivity index (χ0) is 15.5. The lowest BCUT2D eigenvalue weighted by molar-refractivity contribution is -0.151. The summed E-state index contributed by atoms with van der Waals surface area (Å²) in [5.41, 5.74) is 5.84. The first-order valence-electron chi connectivity index (χ1n) is 7.22. The smallest absolute Gasteiger partial charge is 0.254 e. The molecule has 21 heavy (non-hydrogen) atoms. The molecule has 0 saturated carbocycles. The Morgan fingerprint density at radius 3 is 2.48 bits per heavy atom. The molecule has 1 saturated heterocycles. The molecule has 0 aliphatic carbocycles. The fraction of sp³-hybridized carbons (Fsp3) is 0.600. The van der Waals surface area contributed by atoms with Gasteiger partial charge in [-0.05, 0) is 25.5 Å². The van der Waals surface area contributed by atoms with Crippen LogP contribution in [0.4, 0.5) is 5.82 Å². The molecule has 0 aromatic carbocycles. The van der Waals surface area contributed by atoms with Crippen molar-refractivity contribution in [1.29, 1.82) is 0 Å². The lowest BCUT2D eigenvalue weighted by atomic mass is 10.1. The van der Waals surface area contributed by atoms with Crippen LogP contribution in [0.15, 0.2) is 18.3 Å². The summed E-state index contributed by atoms with van der Waals surface area (Å²) in [5, 5.41) is 0. The van der Waals surface area contributed by atoms with Crippen molar-refractivity contribution in [3.8, 4) is 0 Å². The Morgan fingerprint density at radius 2 is 2.00 bits per heavy atom. The number of pyridine rings is 1. The van der Waals surface area contributed by atoms with Crippen LogP contribution in [-0.2, 0) is 16.1 Å². The molecule has 1 amide bonds. The van der Waals surface area contributed by atoms with Gasteiger partial charge in [-0.25, -0.2) is 4.98 Å². The van der Waals surface area contributed by atoms with Crippen LogP contribution in [0.25, 0.3) is 0 Å². The van der Waals surface area contributed by atoms with Crippen LogP contribution >= 0.6 is 0 Å². The molecule has 116 valence electrons. The predicted molar refractivity (Wildman–Crippen MR) is 82.0 cm³/mol. The Labute approximate surface area is 125 Å². The second kappa shape index (κ2) is 6.41. The Bertz CT molecular complexity index is 479. The van der Waals surface area contributed by atoms with Gasteiger partial charge in [0, 0.05) is 46.0 Å². The van der Waals surface area contributed by atoms with E-state index >= 15 is 0 Å². The van der Waals surface area contributed by atoms with E-state index in [0.717, 1.165) is 24.5 Å². The predicted octanol–water partition coefficient (Wildman–Crippen LogP) is 0.614. The van der Waals surface area contributed by atoms with E-state index in [1.54, 1.807) is 27.2 Å². The molecular weight excluding hydrogens is 268 g/mol. The fourth-order valence-electron chi connectivity index (χ4n) is 2.33. The molecule has 0 unspecified atom stereocenters. The van der Waals surface area contributed by atoms with Crippen LogP contribution in [0.5, 0.6) is 0 Å². The summed E-state index contributed by atoms with van der Waals surface area (Å²) in [5.74, 6) is 0.974. The zero-order valence-corrected chi connectivity index (χ0v) is 13.0. The maximum atomic E-state index is 12.3. The van der Waals surface area contributed by atoms with Crippen molar-refractivity contribution in [2.75, 3.05) is 38.2 Å². The standard InChI is InChI=1S/C15H24N4O2/c1-15(2,21-3)14(20)19-8-6-18(7-9-19)13-5-4-12(10-16)11-17-13/h4-5,11H,6-10,16H2,1-3H3. The molecule has 6 heteroatoms. The Kier molecular flexibility index (Phi) is 4.80. The van der Waals surface area contributed by atoms with Crippen molar-refractivity contribution < 1.29 is 9.53 Å². The molecule has 1 fully saturated rings. The normalized spacial score (nSPS) is 16.2. The molecule has 1 aliphatic heterocycles. The molecule has 1 aromatic heterocycles. The first-order chi connectivity index (χ1) is 9.97. The highest BCUT2D eigenvalue weighted by atomic mass is 16.5. The monoisotopic (exact) mass is 292 g/mol. The molecule has 0 spiro atoms. The van der Waals surface area contributed by atoms with E-state index in [1.807, 2.05) is 17.0 Å². The highest BCUT2D eigenvalue weighted by Gasteiger charge is 2.33. The number of aromatic nitrogens is 1. The molecular formula is C15H24N4O2. The van der Waals surface area contributed by atoms with Gasteiger partial charge in [0.2, 0.25) is 0 Å². The number of amides is 1. The van der Waals surface area contributed by atoms with Crippen LogP contribution in [0.1, 0.15) is 19.4 Å². The van der Waals surface area contributed by atoms with Crippen molar-refractivity contribution in [3.05, 3.63) is 23.9 Å². The van der Waals surface area contributed by atoms with Gasteiger partial charge in [-0.1, -0.05) is 6.07 Å². The number of ether oxygens (including phenoxy) is 1. The van der Waals surface area contributed by atoms with Crippen LogP contribution in [0.2, 0.25) is 0 Å². The first-order valence-corrected chi connectivity index (χ1v) is 7.22. The summed E-state index contributed by atoms with van der Waals surface area (Å²) >= 11 is 0. The Hall–Kier alpha value is -1.66. The van der Waals surface area contributed by atoms with Crippen molar-refractivity contribution in [1.82, 2.24) is 9.88 Å². The van der Waals surface area contributed by atoms with E-state index in [1.165, 1.54) is 0 Å². The second-order valence-corrected chi connectivity index (χ2v) is 5.72. The van der Waals surface area contributed by atoms with E-state index in [9.17, 15) is 4.79 Å². The van der Waals surface area contributed by atoms with Crippen LogP contribution in [0, 0.1) is 0 Å². The van der Waals surface area contributed by atoms with Crippen molar-refractivity contribution in [2.45, 2.75) is 26.0 Å². The molecule has 2 heterocycles. The highest BCUT2D eigenvalue weighted by molar-refractivity contribution is 5.84. The van der Waals surface area contributed by atoms with Gasteiger partial charge < -0.3 is 20.3 Å². The number of nitrogens with zero attached hydrogens (tertiary/aromatic N) is 3. The summed E-state index contributed by atoms with van der Waals surface area (Å²) in [4.78, 5) is 20.8. The number of hydrogen-bond acceptors (Lipinski definition) is 5. The van der Waals surface area contributed by atoms with Crippen LogP contribution in [-0.4, -0.2) is 54.7 Å². The molecule has 1 aliphatic rings. The van der Waals surface area contributed by atoms with E-state index in [-0.39, 0.29) is 5.91 Å². The average molecular weight is 292 g/mol. The molecule has 0 radical (unpaired) electrons. The molecule has 0 bridgehead atoms. The minimum absolute atomic E-state index is 0.0380. The Morgan fingerprint density at radius 1 is 1.33 bits per heavy atom. The number of piperazine rings is 1. The third-order valence-corrected chi connectivity index (χ3v) is 3.96. The van der Waals surface area contributed by atoms with E-state index in [4.69, 9.17) is 10.5 Å². The average Bonchev–Trinajstić information content (AvgIpc) is 2.54. The van der Waals surface area contributed by atoms with Gasteiger partial charge in [-0.15, -0.1) is 0 Å². The van der Waals surface area contributed by atoms with Gasteiger partial charge in [0.25, 0.3) is 5.91 Å². The number of rotatable bonds is 4. The third kappa shape index (κ3) is 3.51. The van der Waals surface area contributed by atoms with Gasteiger partial charge >= 0.3 is 0 Å². The molecule has 2 N–H and O–H groups in total. The fourth-order valence-corrected chi connectivity index (χ4v) is 2.33. The first kappa shape index (κ1) is 15.7. The van der Waals surface area contributed by atoms with Gasteiger partial charge in [0.15, 0.2) is 0 Å². The van der Waals surface area contributed by atoms with Crippen molar-refractivity contribution in [2.24, 2.45) is 5.73 Å². The number of anilines is 1. The van der Waals surface area contributed by atoms with Gasteiger partial charge in [-0.3, -0.25) is 4.79 Å². The number of methoxy groups -OCH3 is 1. The van der Waals surface area contributed by atoms with Gasteiger partial charge in [0.05, 0.1) is 0 Å². The lowest BCUT2D eigenvalue weighted by Crippen LogP contribution is -2.54. The lowest BCUT2D eigenvalue weighted by Gasteiger charge is -2.38. The summed E-state index contributed by atoms with van der Waals surface area (Å²) in [6.45, 7) is 7.03. The molecule has 2 rings (SSSR count). The van der Waals surface area contributed by atoms with E-state index in [2.05, 4.69) is 9.88 Å². The number of carbonyl (C=O) groups excluding carboxylic acids is 1. The highest BCUT2D eigenvalue weighted by Crippen LogP contribution is 2.17. The number of hydrogen-bond donors (Lipinski definition) is 1. The van der Waals surface area contributed by atoms with E-state index < -0.39 is 5.60 Å². The quantitative estimate of drug-likeness (QED) is 0.880. The van der Waals surface area contributed by atoms with Crippen molar-refractivity contribution in [3.63, 3.8) is 0 Å². The zero-order valence-electron chi connectivity index (χ0n) is 13.0. The molecule has 1 aromatic rings. The maximum absolute atomic E-state index is 12.3. The summed E-state index contributed by atoms with van der Waals surface area (Å²) < 4.78 is 5.26. The van der Waals surface area contributed by atoms with Crippen molar-refractivity contribution >= 4 is 11.7 Å². The SMILES string of the molecule is COC(C)(C)C(=O)N1CCN(c2ccc(CN)cn2)CC1. The number of nitrogens with two attached hydrogens (primary N) is 1. The summed E-state index contributed by atoms with van der Waals surface area (Å²) in [6.07, 6.45) is 1.81. The summed E-state index contributed by atoms with van der Waals surface area (Å²) in [6, 6.07) is 3.98. The maximum Gasteiger partial charge on any atom is 0.254 e. The van der Waals surface area contributed by atoms with E-state index in [0.29, 0.717) is 19.6 Å². The number of carbonyl (C=O) groups is 1. The van der Waals surface area contributed by atoms with Gasteiger partial charge in [-0.2, -0.15) is 0 Å². The molecule has 6 nitrogen and oxygen atoms in total. The second-order valence-electron chi connectivity index (χ2n) is 5.72.